The Morgan fingerprint density at radius 1 is 1.16 bits per heavy atom. The summed E-state index contributed by atoms with van der Waals surface area (Å²) in [6.07, 6.45) is 0.713. The van der Waals surface area contributed by atoms with Crippen LogP contribution in [0.1, 0.15) is 29.3 Å². The van der Waals surface area contributed by atoms with Gasteiger partial charge in [-0.2, -0.15) is 0 Å². The third-order valence-electron chi connectivity index (χ3n) is 4.21. The molecule has 1 heterocycles. The molecular weight excluding hydrogens is 316 g/mol. The van der Waals surface area contributed by atoms with Crippen LogP contribution in [0.4, 0.5) is 0 Å². The van der Waals surface area contributed by atoms with Crippen LogP contribution in [-0.4, -0.2) is 36.6 Å². The zero-order valence-electron chi connectivity index (χ0n) is 14.5. The van der Waals surface area contributed by atoms with Gasteiger partial charge in [0.25, 0.3) is 5.91 Å². The van der Waals surface area contributed by atoms with E-state index < -0.39 is 0 Å². The fraction of sp³-hybridized carbons (Fsp3) is 0.350. The summed E-state index contributed by atoms with van der Waals surface area (Å²) in [7, 11) is 0. The van der Waals surface area contributed by atoms with E-state index in [1.807, 2.05) is 53.4 Å². The summed E-state index contributed by atoms with van der Waals surface area (Å²) in [6, 6.07) is 15.1. The first kappa shape index (κ1) is 17.3. The molecule has 132 valence electrons. The van der Waals surface area contributed by atoms with Crippen LogP contribution in [0.25, 0.3) is 0 Å². The van der Waals surface area contributed by atoms with Crippen LogP contribution in [0.3, 0.4) is 0 Å². The van der Waals surface area contributed by atoms with Crippen LogP contribution in [0, 0.1) is 0 Å². The smallest absolute Gasteiger partial charge is 0.253 e. The van der Waals surface area contributed by atoms with Crippen LogP contribution in [0.15, 0.2) is 48.5 Å². The van der Waals surface area contributed by atoms with Gasteiger partial charge in [0.05, 0.1) is 6.54 Å². The van der Waals surface area contributed by atoms with Gasteiger partial charge < -0.3 is 20.1 Å². The number of fused-ring (bicyclic) bond motifs is 1. The van der Waals surface area contributed by atoms with Crippen molar-refractivity contribution >= 4 is 5.91 Å². The summed E-state index contributed by atoms with van der Waals surface area (Å²) >= 11 is 0. The third kappa shape index (κ3) is 4.12. The Morgan fingerprint density at radius 2 is 1.88 bits per heavy atom. The minimum absolute atomic E-state index is 0.00730. The maximum atomic E-state index is 12.9. The summed E-state index contributed by atoms with van der Waals surface area (Å²) in [5.41, 5.74) is 7.30. The molecule has 0 saturated heterocycles. The van der Waals surface area contributed by atoms with E-state index in [-0.39, 0.29) is 12.0 Å². The molecule has 1 aliphatic heterocycles. The fourth-order valence-corrected chi connectivity index (χ4v) is 2.91. The van der Waals surface area contributed by atoms with E-state index in [4.69, 9.17) is 15.2 Å². The predicted octanol–water partition coefficient (Wildman–Crippen LogP) is 2.84. The van der Waals surface area contributed by atoms with Crippen molar-refractivity contribution in [2.45, 2.75) is 26.0 Å². The molecule has 5 heteroatoms. The highest BCUT2D eigenvalue weighted by atomic mass is 16.6. The average Bonchev–Trinajstić information content (AvgIpc) is 2.67. The van der Waals surface area contributed by atoms with Gasteiger partial charge in [-0.3, -0.25) is 4.79 Å². The molecule has 1 atom stereocenters. The molecule has 0 aromatic heterocycles. The summed E-state index contributed by atoms with van der Waals surface area (Å²) in [5.74, 6) is 1.49. The van der Waals surface area contributed by atoms with Gasteiger partial charge in [-0.1, -0.05) is 31.2 Å². The first-order chi connectivity index (χ1) is 12.2. The molecule has 2 aromatic rings. The predicted molar refractivity (Wildman–Crippen MR) is 96.9 cm³/mol. The van der Waals surface area contributed by atoms with E-state index in [1.54, 1.807) is 0 Å². The maximum Gasteiger partial charge on any atom is 0.253 e. The lowest BCUT2D eigenvalue weighted by atomic mass is 10.1. The van der Waals surface area contributed by atoms with E-state index in [9.17, 15) is 4.79 Å². The number of carbonyl (C=O) groups is 1. The van der Waals surface area contributed by atoms with E-state index in [0.717, 1.165) is 23.5 Å². The molecule has 0 bridgehead atoms. The number of rotatable bonds is 6. The van der Waals surface area contributed by atoms with Crippen LogP contribution in [-0.2, 0) is 6.54 Å². The van der Waals surface area contributed by atoms with E-state index >= 15 is 0 Å². The second kappa shape index (κ2) is 8.03. The molecule has 1 amide bonds. The van der Waals surface area contributed by atoms with Crippen molar-refractivity contribution in [3.05, 3.63) is 59.7 Å². The maximum absolute atomic E-state index is 12.9. The molecule has 25 heavy (non-hydrogen) atoms. The quantitative estimate of drug-likeness (QED) is 0.878. The first-order valence-corrected chi connectivity index (χ1v) is 8.68. The molecule has 0 saturated carbocycles. The SMILES string of the molecule is CCCN(CC1COc2ccccc2O1)C(=O)c1ccc(CN)cc1. The van der Waals surface area contributed by atoms with Crippen molar-refractivity contribution in [2.75, 3.05) is 19.7 Å². The van der Waals surface area contributed by atoms with Crippen molar-refractivity contribution in [1.82, 2.24) is 4.90 Å². The summed E-state index contributed by atoms with van der Waals surface area (Å²) in [6.45, 7) is 4.15. The van der Waals surface area contributed by atoms with Gasteiger partial charge >= 0.3 is 0 Å². The summed E-state index contributed by atoms with van der Waals surface area (Å²) in [4.78, 5) is 14.7. The van der Waals surface area contributed by atoms with E-state index in [0.29, 0.717) is 31.8 Å². The van der Waals surface area contributed by atoms with Gasteiger partial charge in [0, 0.05) is 18.7 Å². The van der Waals surface area contributed by atoms with Crippen molar-refractivity contribution < 1.29 is 14.3 Å². The molecule has 3 rings (SSSR count). The molecule has 0 fully saturated rings. The minimum atomic E-state index is -0.172. The molecule has 2 N–H and O–H groups in total. The van der Waals surface area contributed by atoms with Gasteiger partial charge in [0.1, 0.15) is 6.61 Å². The Morgan fingerprint density at radius 3 is 2.56 bits per heavy atom. The van der Waals surface area contributed by atoms with Crippen molar-refractivity contribution in [3.8, 4) is 11.5 Å². The van der Waals surface area contributed by atoms with Gasteiger partial charge in [-0.15, -0.1) is 0 Å². The number of nitrogens with two attached hydrogens (primary N) is 1. The summed E-state index contributed by atoms with van der Waals surface area (Å²) in [5, 5.41) is 0. The standard InChI is InChI=1S/C20H24N2O3/c1-2-11-22(20(23)16-9-7-15(12-21)8-10-16)13-17-14-24-18-5-3-4-6-19(18)25-17/h3-10,17H,2,11-14,21H2,1H3. The largest absolute Gasteiger partial charge is 0.486 e. The molecular formula is C20H24N2O3. The molecule has 0 spiro atoms. The van der Waals surface area contributed by atoms with Gasteiger partial charge in [-0.05, 0) is 36.2 Å². The number of benzene rings is 2. The Balaban J connectivity index is 1.69. The first-order valence-electron chi connectivity index (χ1n) is 8.68. The number of carbonyl (C=O) groups excluding carboxylic acids is 1. The highest BCUT2D eigenvalue weighted by molar-refractivity contribution is 5.94. The second-order valence-corrected chi connectivity index (χ2v) is 6.15. The summed E-state index contributed by atoms with van der Waals surface area (Å²) < 4.78 is 11.7. The minimum Gasteiger partial charge on any atom is -0.486 e. The third-order valence-corrected chi connectivity index (χ3v) is 4.21. The Bertz CT molecular complexity index is 715. The lowest BCUT2D eigenvalue weighted by Gasteiger charge is -2.31. The van der Waals surface area contributed by atoms with Crippen molar-refractivity contribution in [3.63, 3.8) is 0 Å². The number of hydrogen-bond acceptors (Lipinski definition) is 4. The van der Waals surface area contributed by atoms with Crippen LogP contribution in [0.5, 0.6) is 11.5 Å². The molecule has 0 aliphatic carbocycles. The van der Waals surface area contributed by atoms with Gasteiger partial charge in [-0.25, -0.2) is 0 Å². The number of ether oxygens (including phenoxy) is 2. The van der Waals surface area contributed by atoms with Crippen molar-refractivity contribution in [1.29, 1.82) is 0 Å². The Hall–Kier alpha value is -2.53. The fourth-order valence-electron chi connectivity index (χ4n) is 2.91. The highest BCUT2D eigenvalue weighted by Gasteiger charge is 2.25. The topological polar surface area (TPSA) is 64.8 Å². The second-order valence-electron chi connectivity index (χ2n) is 6.15. The van der Waals surface area contributed by atoms with Crippen LogP contribution >= 0.6 is 0 Å². The van der Waals surface area contributed by atoms with Gasteiger partial charge in [0.15, 0.2) is 17.6 Å². The molecule has 1 aliphatic rings. The lowest BCUT2D eigenvalue weighted by Crippen LogP contribution is -2.44. The number of para-hydroxylation sites is 2. The number of nitrogens with zero attached hydrogens (tertiary/aromatic N) is 1. The van der Waals surface area contributed by atoms with E-state index in [1.165, 1.54) is 0 Å². The van der Waals surface area contributed by atoms with E-state index in [2.05, 4.69) is 6.92 Å². The Labute approximate surface area is 148 Å². The van der Waals surface area contributed by atoms with Crippen LogP contribution in [0.2, 0.25) is 0 Å². The highest BCUT2D eigenvalue weighted by Crippen LogP contribution is 2.31. The molecule has 0 radical (unpaired) electrons. The monoisotopic (exact) mass is 340 g/mol. The van der Waals surface area contributed by atoms with Crippen LogP contribution < -0.4 is 15.2 Å². The zero-order chi connectivity index (χ0) is 17.6. The molecule has 1 unspecified atom stereocenters. The molecule has 5 nitrogen and oxygen atoms in total. The number of hydrogen-bond donors (Lipinski definition) is 1. The number of amides is 1. The zero-order valence-corrected chi connectivity index (χ0v) is 14.5. The Kier molecular flexibility index (Phi) is 5.56. The van der Waals surface area contributed by atoms with Gasteiger partial charge in [0.2, 0.25) is 0 Å². The lowest BCUT2D eigenvalue weighted by molar-refractivity contribution is 0.0462. The average molecular weight is 340 g/mol. The normalized spacial score (nSPS) is 15.7. The van der Waals surface area contributed by atoms with Crippen molar-refractivity contribution in [2.24, 2.45) is 5.73 Å². The molecule has 2 aromatic carbocycles.